The predicted octanol–water partition coefficient (Wildman–Crippen LogP) is 5.36. The summed E-state index contributed by atoms with van der Waals surface area (Å²) in [5.41, 5.74) is 3.20. The van der Waals surface area contributed by atoms with Crippen molar-refractivity contribution in [3.05, 3.63) is 59.3 Å². The standard InChI is InChI=1S/C25H28N2O3S/c1-16-5-3-8-23-24(16)26-25(31-23)18-9-11-27(17(2)13-18)14-19(28)15-30-22-7-4-6-21-20(22)10-12-29-21/h3-8,10,12,17-19,28H,9,11,13-15H2,1-2H3. The summed E-state index contributed by atoms with van der Waals surface area (Å²) in [4.78, 5) is 7.34. The topological polar surface area (TPSA) is 58.7 Å². The Labute approximate surface area is 186 Å². The molecule has 5 nitrogen and oxygen atoms in total. The number of furan rings is 1. The summed E-state index contributed by atoms with van der Waals surface area (Å²) in [5.74, 6) is 1.25. The van der Waals surface area contributed by atoms with E-state index in [1.807, 2.05) is 35.6 Å². The summed E-state index contributed by atoms with van der Waals surface area (Å²) in [6, 6.07) is 14.4. The van der Waals surface area contributed by atoms with Gasteiger partial charge in [-0.3, -0.25) is 4.90 Å². The van der Waals surface area contributed by atoms with E-state index in [-0.39, 0.29) is 6.61 Å². The van der Waals surface area contributed by atoms with E-state index in [1.165, 1.54) is 15.3 Å². The van der Waals surface area contributed by atoms with E-state index in [1.54, 1.807) is 6.26 Å². The molecule has 1 N–H and O–H groups in total. The van der Waals surface area contributed by atoms with Gasteiger partial charge in [-0.15, -0.1) is 11.3 Å². The smallest absolute Gasteiger partial charge is 0.137 e. The maximum absolute atomic E-state index is 10.6. The van der Waals surface area contributed by atoms with Crippen LogP contribution in [0.4, 0.5) is 0 Å². The number of benzene rings is 2. The summed E-state index contributed by atoms with van der Waals surface area (Å²) in [5, 5.41) is 12.8. The molecule has 3 heterocycles. The molecule has 0 spiro atoms. The second kappa shape index (κ2) is 8.61. The van der Waals surface area contributed by atoms with Crippen LogP contribution in [0.15, 0.2) is 53.1 Å². The van der Waals surface area contributed by atoms with E-state index in [0.717, 1.165) is 41.6 Å². The molecule has 0 saturated carbocycles. The Morgan fingerprint density at radius 2 is 2.13 bits per heavy atom. The Kier molecular flexibility index (Phi) is 5.69. The molecule has 0 amide bonds. The van der Waals surface area contributed by atoms with Crippen molar-refractivity contribution >= 4 is 32.5 Å². The fourth-order valence-corrected chi connectivity index (χ4v) is 5.79. The second-order valence-electron chi connectivity index (χ2n) is 8.59. The Morgan fingerprint density at radius 3 is 2.97 bits per heavy atom. The zero-order chi connectivity index (χ0) is 21.4. The van der Waals surface area contributed by atoms with Crippen LogP contribution in [0.1, 0.15) is 36.3 Å². The van der Waals surface area contributed by atoms with Gasteiger partial charge in [0.1, 0.15) is 24.0 Å². The molecule has 0 bridgehead atoms. The molecule has 1 aliphatic rings. The third kappa shape index (κ3) is 4.20. The largest absolute Gasteiger partial charge is 0.490 e. The number of piperidine rings is 1. The van der Waals surface area contributed by atoms with Crippen LogP contribution in [-0.2, 0) is 0 Å². The van der Waals surface area contributed by atoms with Gasteiger partial charge in [-0.1, -0.05) is 18.2 Å². The van der Waals surface area contributed by atoms with E-state index in [4.69, 9.17) is 14.1 Å². The molecule has 3 unspecified atom stereocenters. The third-order valence-electron chi connectivity index (χ3n) is 6.33. The van der Waals surface area contributed by atoms with Crippen LogP contribution in [0.3, 0.4) is 0 Å². The van der Waals surface area contributed by atoms with E-state index in [9.17, 15) is 5.11 Å². The number of aryl methyl sites for hydroxylation is 1. The molecule has 162 valence electrons. The summed E-state index contributed by atoms with van der Waals surface area (Å²) in [7, 11) is 0. The Bertz CT molecular complexity index is 1180. The van der Waals surface area contributed by atoms with Crippen molar-refractivity contribution < 1.29 is 14.3 Å². The van der Waals surface area contributed by atoms with Crippen molar-refractivity contribution in [2.45, 2.75) is 44.8 Å². The van der Waals surface area contributed by atoms with Crippen molar-refractivity contribution in [2.24, 2.45) is 0 Å². The van der Waals surface area contributed by atoms with Crippen molar-refractivity contribution in [2.75, 3.05) is 19.7 Å². The Hall–Kier alpha value is -2.41. The van der Waals surface area contributed by atoms with Crippen molar-refractivity contribution in [3.8, 4) is 5.75 Å². The first-order valence-electron chi connectivity index (χ1n) is 11.0. The molecule has 2 aromatic carbocycles. The van der Waals surface area contributed by atoms with Gasteiger partial charge in [-0.05, 0) is 63.1 Å². The third-order valence-corrected chi connectivity index (χ3v) is 7.52. The second-order valence-corrected chi connectivity index (χ2v) is 9.65. The lowest BCUT2D eigenvalue weighted by Gasteiger charge is -2.38. The van der Waals surface area contributed by atoms with Gasteiger partial charge in [0.05, 0.1) is 26.9 Å². The molecular weight excluding hydrogens is 408 g/mol. The van der Waals surface area contributed by atoms with Gasteiger partial charge in [0.2, 0.25) is 0 Å². The van der Waals surface area contributed by atoms with Gasteiger partial charge < -0.3 is 14.3 Å². The monoisotopic (exact) mass is 436 g/mol. The highest BCUT2D eigenvalue weighted by molar-refractivity contribution is 7.18. The number of thiazole rings is 1. The first-order chi connectivity index (χ1) is 15.1. The summed E-state index contributed by atoms with van der Waals surface area (Å²) in [6.07, 6.45) is 3.27. The fourth-order valence-electron chi connectivity index (χ4n) is 4.60. The maximum Gasteiger partial charge on any atom is 0.137 e. The van der Waals surface area contributed by atoms with Crippen molar-refractivity contribution in [3.63, 3.8) is 0 Å². The number of nitrogens with zero attached hydrogens (tertiary/aromatic N) is 2. The molecule has 31 heavy (non-hydrogen) atoms. The Balaban J connectivity index is 1.18. The quantitative estimate of drug-likeness (QED) is 0.441. The summed E-state index contributed by atoms with van der Waals surface area (Å²) < 4.78 is 12.6. The first-order valence-corrected chi connectivity index (χ1v) is 11.8. The summed E-state index contributed by atoms with van der Waals surface area (Å²) >= 11 is 1.84. The minimum atomic E-state index is -0.536. The number of aliphatic hydroxyl groups is 1. The molecule has 4 aromatic rings. The van der Waals surface area contributed by atoms with Crippen molar-refractivity contribution in [1.29, 1.82) is 0 Å². The van der Waals surface area contributed by atoms with E-state index >= 15 is 0 Å². The van der Waals surface area contributed by atoms with Crippen LogP contribution in [-0.4, -0.2) is 46.8 Å². The minimum Gasteiger partial charge on any atom is -0.490 e. The normalized spacial score (nSPS) is 21.0. The van der Waals surface area contributed by atoms with Crippen LogP contribution in [0.2, 0.25) is 0 Å². The van der Waals surface area contributed by atoms with Crippen molar-refractivity contribution in [1.82, 2.24) is 9.88 Å². The average Bonchev–Trinajstić information content (AvgIpc) is 3.41. The van der Waals surface area contributed by atoms with Gasteiger partial charge in [0, 0.05) is 18.5 Å². The number of β-amino-alcohol motifs (C(OH)–C–C–N with tert-alkyl or cyclic N) is 1. The van der Waals surface area contributed by atoms with Crippen LogP contribution in [0.5, 0.6) is 5.75 Å². The lowest BCUT2D eigenvalue weighted by atomic mass is 9.92. The SMILES string of the molecule is Cc1cccc2sc(C3CCN(CC(O)COc4cccc5occc45)C(C)C3)nc12. The zero-order valence-corrected chi connectivity index (χ0v) is 18.8. The fraction of sp³-hybridized carbons (Fsp3) is 0.400. The average molecular weight is 437 g/mol. The number of aliphatic hydroxyl groups excluding tert-OH is 1. The molecule has 2 aromatic heterocycles. The highest BCUT2D eigenvalue weighted by atomic mass is 32.1. The Morgan fingerprint density at radius 1 is 1.26 bits per heavy atom. The van der Waals surface area contributed by atoms with Crippen LogP contribution >= 0.6 is 11.3 Å². The highest BCUT2D eigenvalue weighted by Crippen LogP contribution is 2.36. The maximum atomic E-state index is 10.6. The molecule has 6 heteroatoms. The molecule has 5 rings (SSSR count). The van der Waals surface area contributed by atoms with Gasteiger partial charge in [-0.2, -0.15) is 0 Å². The zero-order valence-electron chi connectivity index (χ0n) is 18.0. The molecule has 1 fully saturated rings. The number of para-hydroxylation sites is 1. The lowest BCUT2D eigenvalue weighted by molar-refractivity contribution is 0.0405. The first kappa shape index (κ1) is 20.5. The molecular formula is C25H28N2O3S. The lowest BCUT2D eigenvalue weighted by Crippen LogP contribution is -2.45. The highest BCUT2D eigenvalue weighted by Gasteiger charge is 2.29. The number of fused-ring (bicyclic) bond motifs is 2. The number of hydrogen-bond acceptors (Lipinski definition) is 6. The molecule has 0 aliphatic carbocycles. The van der Waals surface area contributed by atoms with Crippen LogP contribution < -0.4 is 4.74 Å². The van der Waals surface area contributed by atoms with E-state index in [0.29, 0.717) is 18.5 Å². The van der Waals surface area contributed by atoms with Gasteiger partial charge in [-0.25, -0.2) is 4.98 Å². The predicted molar refractivity (Wildman–Crippen MR) is 125 cm³/mol. The number of aromatic nitrogens is 1. The minimum absolute atomic E-state index is 0.272. The van der Waals surface area contributed by atoms with E-state index in [2.05, 4.69) is 36.9 Å². The molecule has 3 atom stereocenters. The molecule has 0 radical (unpaired) electrons. The summed E-state index contributed by atoms with van der Waals surface area (Å²) in [6.45, 7) is 6.25. The number of ether oxygens (including phenoxy) is 1. The van der Waals surface area contributed by atoms with Gasteiger partial charge in [0.25, 0.3) is 0 Å². The van der Waals surface area contributed by atoms with Crippen LogP contribution in [0.25, 0.3) is 21.2 Å². The molecule has 1 aliphatic heterocycles. The number of hydrogen-bond donors (Lipinski definition) is 1. The van der Waals surface area contributed by atoms with Crippen LogP contribution in [0, 0.1) is 6.92 Å². The number of rotatable bonds is 6. The molecule has 1 saturated heterocycles. The van der Waals surface area contributed by atoms with Gasteiger partial charge >= 0.3 is 0 Å². The van der Waals surface area contributed by atoms with E-state index < -0.39 is 6.10 Å². The van der Waals surface area contributed by atoms with Gasteiger partial charge in [0.15, 0.2) is 0 Å². The number of likely N-dealkylation sites (tertiary alicyclic amines) is 1.